The van der Waals surface area contributed by atoms with Gasteiger partial charge in [-0.3, -0.25) is 4.90 Å². The van der Waals surface area contributed by atoms with E-state index in [2.05, 4.69) is 46.3 Å². The molecule has 1 aromatic rings. The van der Waals surface area contributed by atoms with Crippen LogP contribution < -0.4 is 5.32 Å². The molecule has 0 atom stereocenters. The molecule has 21 heavy (non-hydrogen) atoms. The molecule has 3 nitrogen and oxygen atoms in total. The van der Waals surface area contributed by atoms with E-state index in [1.165, 1.54) is 56.7 Å². The Bertz CT molecular complexity index is 434. The lowest BCUT2D eigenvalue weighted by molar-refractivity contribution is 0.123. The molecule has 0 unspecified atom stereocenters. The number of nitrogens with zero attached hydrogens (tertiary/aromatic N) is 2. The molecule has 2 aliphatic rings. The lowest BCUT2D eigenvalue weighted by Gasteiger charge is -2.34. The summed E-state index contributed by atoms with van der Waals surface area (Å²) in [5.74, 6) is 1.03. The molecular weight excluding hydrogens is 258 g/mol. The lowest BCUT2D eigenvalue weighted by atomic mass is 10.1. The second kappa shape index (κ2) is 7.39. The third-order valence-electron chi connectivity index (χ3n) is 4.65. The van der Waals surface area contributed by atoms with Crippen molar-refractivity contribution in [1.29, 1.82) is 0 Å². The Balaban J connectivity index is 1.45. The van der Waals surface area contributed by atoms with Gasteiger partial charge in [-0.1, -0.05) is 31.2 Å². The molecule has 2 fully saturated rings. The van der Waals surface area contributed by atoms with Crippen molar-refractivity contribution < 1.29 is 0 Å². The van der Waals surface area contributed by atoms with Crippen molar-refractivity contribution in [2.75, 3.05) is 39.3 Å². The number of hydrogen-bond acceptors (Lipinski definition) is 3. The Morgan fingerprint density at radius 1 is 1.05 bits per heavy atom. The molecule has 0 spiro atoms. The standard InChI is InChI=1S/C18H29N3/c1-2-19-13-17-4-3-5-18(12-17)15-21-10-8-20(9-11-21)14-16-6-7-16/h3-5,12,16,19H,2,6-11,13-15H2,1H3. The predicted molar refractivity (Wildman–Crippen MR) is 88.3 cm³/mol. The van der Waals surface area contributed by atoms with Crippen LogP contribution in [-0.4, -0.2) is 49.1 Å². The molecule has 3 heteroatoms. The highest BCUT2D eigenvalue weighted by Crippen LogP contribution is 2.29. The Morgan fingerprint density at radius 2 is 1.76 bits per heavy atom. The van der Waals surface area contributed by atoms with Crippen LogP contribution in [0.3, 0.4) is 0 Å². The number of benzene rings is 1. The van der Waals surface area contributed by atoms with Crippen molar-refractivity contribution in [3.63, 3.8) is 0 Å². The number of piperazine rings is 1. The summed E-state index contributed by atoms with van der Waals surface area (Å²) >= 11 is 0. The molecule has 1 aromatic carbocycles. The largest absolute Gasteiger partial charge is 0.313 e. The van der Waals surface area contributed by atoms with Gasteiger partial charge in [0.05, 0.1) is 0 Å². The van der Waals surface area contributed by atoms with Crippen LogP contribution in [0, 0.1) is 5.92 Å². The Kier molecular flexibility index (Phi) is 5.28. The maximum atomic E-state index is 3.40. The highest BCUT2D eigenvalue weighted by molar-refractivity contribution is 5.23. The summed E-state index contributed by atoms with van der Waals surface area (Å²) < 4.78 is 0. The molecule has 116 valence electrons. The van der Waals surface area contributed by atoms with Crippen LogP contribution in [0.1, 0.15) is 30.9 Å². The summed E-state index contributed by atoms with van der Waals surface area (Å²) in [6.45, 7) is 11.6. The minimum atomic E-state index is 0.986. The molecule has 1 saturated carbocycles. The summed E-state index contributed by atoms with van der Waals surface area (Å²) in [4.78, 5) is 5.27. The first-order valence-corrected chi connectivity index (χ1v) is 8.56. The monoisotopic (exact) mass is 287 g/mol. The van der Waals surface area contributed by atoms with E-state index in [0.29, 0.717) is 0 Å². The van der Waals surface area contributed by atoms with Gasteiger partial charge in [0.1, 0.15) is 0 Å². The molecule has 3 rings (SSSR count). The zero-order valence-corrected chi connectivity index (χ0v) is 13.4. The van der Waals surface area contributed by atoms with Crippen LogP contribution in [0.15, 0.2) is 24.3 Å². The fraction of sp³-hybridized carbons (Fsp3) is 0.667. The summed E-state index contributed by atoms with van der Waals surface area (Å²) in [5.41, 5.74) is 2.86. The average molecular weight is 287 g/mol. The molecule has 1 saturated heterocycles. The van der Waals surface area contributed by atoms with Gasteiger partial charge >= 0.3 is 0 Å². The summed E-state index contributed by atoms with van der Waals surface area (Å²) in [5, 5.41) is 3.40. The van der Waals surface area contributed by atoms with Crippen LogP contribution >= 0.6 is 0 Å². The van der Waals surface area contributed by atoms with E-state index < -0.39 is 0 Å². The highest BCUT2D eigenvalue weighted by Gasteiger charge is 2.26. The first-order chi connectivity index (χ1) is 10.3. The van der Waals surface area contributed by atoms with Gasteiger partial charge in [0.15, 0.2) is 0 Å². The van der Waals surface area contributed by atoms with Crippen molar-refractivity contribution in [1.82, 2.24) is 15.1 Å². The minimum absolute atomic E-state index is 0.986. The molecule has 1 N–H and O–H groups in total. The maximum Gasteiger partial charge on any atom is 0.0234 e. The van der Waals surface area contributed by atoms with Crippen molar-refractivity contribution in [3.8, 4) is 0 Å². The third kappa shape index (κ3) is 4.80. The zero-order valence-electron chi connectivity index (χ0n) is 13.4. The molecule has 0 radical (unpaired) electrons. The minimum Gasteiger partial charge on any atom is -0.313 e. The van der Waals surface area contributed by atoms with Crippen molar-refractivity contribution in [2.24, 2.45) is 5.92 Å². The Hall–Kier alpha value is -0.900. The normalized spacial score (nSPS) is 20.8. The van der Waals surface area contributed by atoms with Gasteiger partial charge in [0.2, 0.25) is 0 Å². The summed E-state index contributed by atoms with van der Waals surface area (Å²) in [6.07, 6.45) is 2.94. The van der Waals surface area contributed by atoms with Gasteiger partial charge in [-0.2, -0.15) is 0 Å². The molecule has 0 amide bonds. The summed E-state index contributed by atoms with van der Waals surface area (Å²) in [7, 11) is 0. The maximum absolute atomic E-state index is 3.40. The van der Waals surface area contributed by atoms with Gasteiger partial charge in [0, 0.05) is 45.8 Å². The molecule has 1 aliphatic carbocycles. The average Bonchev–Trinajstić information content (AvgIpc) is 3.32. The fourth-order valence-electron chi connectivity index (χ4n) is 3.16. The number of hydrogen-bond donors (Lipinski definition) is 1. The van der Waals surface area contributed by atoms with Gasteiger partial charge in [-0.15, -0.1) is 0 Å². The van der Waals surface area contributed by atoms with E-state index >= 15 is 0 Å². The first kappa shape index (κ1) is 15.0. The van der Waals surface area contributed by atoms with Crippen molar-refractivity contribution >= 4 is 0 Å². The molecule has 0 aromatic heterocycles. The zero-order chi connectivity index (χ0) is 14.5. The first-order valence-electron chi connectivity index (χ1n) is 8.56. The van der Waals surface area contributed by atoms with E-state index in [1.54, 1.807) is 0 Å². The van der Waals surface area contributed by atoms with Crippen LogP contribution in [0.5, 0.6) is 0 Å². The van der Waals surface area contributed by atoms with Crippen LogP contribution in [0.4, 0.5) is 0 Å². The lowest BCUT2D eigenvalue weighted by Crippen LogP contribution is -2.46. The third-order valence-corrected chi connectivity index (χ3v) is 4.65. The second-order valence-corrected chi connectivity index (χ2v) is 6.62. The van der Waals surface area contributed by atoms with Gasteiger partial charge in [-0.25, -0.2) is 0 Å². The van der Waals surface area contributed by atoms with E-state index in [9.17, 15) is 0 Å². The van der Waals surface area contributed by atoms with Gasteiger partial charge in [0.25, 0.3) is 0 Å². The van der Waals surface area contributed by atoms with E-state index in [-0.39, 0.29) is 0 Å². The van der Waals surface area contributed by atoms with Gasteiger partial charge < -0.3 is 10.2 Å². The Morgan fingerprint density at radius 3 is 2.48 bits per heavy atom. The summed E-state index contributed by atoms with van der Waals surface area (Å²) in [6, 6.07) is 9.05. The number of rotatable bonds is 7. The van der Waals surface area contributed by atoms with Crippen LogP contribution in [0.2, 0.25) is 0 Å². The van der Waals surface area contributed by atoms with E-state index in [4.69, 9.17) is 0 Å². The quantitative estimate of drug-likeness (QED) is 0.830. The fourth-order valence-corrected chi connectivity index (χ4v) is 3.16. The predicted octanol–water partition coefficient (Wildman–Crippen LogP) is 2.32. The Labute approximate surface area is 129 Å². The SMILES string of the molecule is CCNCc1cccc(CN2CCN(CC3CC3)CC2)c1. The molecule has 1 heterocycles. The van der Waals surface area contributed by atoms with Crippen LogP contribution in [-0.2, 0) is 13.1 Å². The molecule has 0 bridgehead atoms. The van der Waals surface area contributed by atoms with E-state index in [0.717, 1.165) is 25.6 Å². The van der Waals surface area contributed by atoms with Gasteiger partial charge in [-0.05, 0) is 36.4 Å². The topological polar surface area (TPSA) is 18.5 Å². The van der Waals surface area contributed by atoms with E-state index in [1.807, 2.05) is 0 Å². The molecule has 1 aliphatic heterocycles. The number of nitrogens with one attached hydrogen (secondary N) is 1. The highest BCUT2D eigenvalue weighted by atomic mass is 15.3. The van der Waals surface area contributed by atoms with Crippen molar-refractivity contribution in [3.05, 3.63) is 35.4 Å². The molecular formula is C18H29N3. The van der Waals surface area contributed by atoms with Crippen molar-refractivity contribution in [2.45, 2.75) is 32.9 Å². The smallest absolute Gasteiger partial charge is 0.0234 e. The van der Waals surface area contributed by atoms with Crippen LogP contribution in [0.25, 0.3) is 0 Å². The second-order valence-electron chi connectivity index (χ2n) is 6.62.